The van der Waals surface area contributed by atoms with Crippen molar-refractivity contribution in [2.75, 3.05) is 13.2 Å². The Balaban J connectivity index is 2.44. The van der Waals surface area contributed by atoms with Gasteiger partial charge in [0.25, 0.3) is 0 Å². The van der Waals surface area contributed by atoms with Crippen molar-refractivity contribution in [1.82, 2.24) is 0 Å². The summed E-state index contributed by atoms with van der Waals surface area (Å²) < 4.78 is 16.0. The quantitative estimate of drug-likeness (QED) is 0.303. The second kappa shape index (κ2) is 9.37. The van der Waals surface area contributed by atoms with E-state index >= 15 is 0 Å². The highest BCUT2D eigenvalue weighted by molar-refractivity contribution is 5.91. The Morgan fingerprint density at radius 1 is 1.41 bits per heavy atom. The zero-order valence-corrected chi connectivity index (χ0v) is 17.0. The number of hydrogen-bond acceptors (Lipinski definition) is 8. The van der Waals surface area contributed by atoms with Crippen molar-refractivity contribution in [1.29, 1.82) is 0 Å². The molecule has 29 heavy (non-hydrogen) atoms. The van der Waals surface area contributed by atoms with Crippen LogP contribution in [0.2, 0.25) is 0 Å². The second-order valence-electron chi connectivity index (χ2n) is 7.70. The molecule has 0 saturated carbocycles. The maximum Gasteiger partial charge on any atom is 0.340 e. The van der Waals surface area contributed by atoms with E-state index in [1.165, 1.54) is 6.92 Å². The fraction of sp³-hybridized carbons (Fsp3) is 0.571. The molecular weight excluding hydrogens is 380 g/mol. The summed E-state index contributed by atoms with van der Waals surface area (Å²) in [6.45, 7) is 7.32. The fourth-order valence-electron chi connectivity index (χ4n) is 3.29. The number of fused-ring (bicyclic) bond motifs is 1. The third-order valence-electron chi connectivity index (χ3n) is 5.01. The van der Waals surface area contributed by atoms with Crippen LogP contribution in [0, 0.1) is 5.92 Å². The van der Waals surface area contributed by atoms with Crippen LogP contribution in [0.15, 0.2) is 35.5 Å². The van der Waals surface area contributed by atoms with Gasteiger partial charge in [-0.15, -0.1) is 0 Å². The molecule has 0 radical (unpaired) electrons. The molecule has 1 aliphatic carbocycles. The minimum absolute atomic E-state index is 0.00529. The normalized spacial score (nSPS) is 30.6. The molecule has 0 unspecified atom stereocenters. The van der Waals surface area contributed by atoms with Crippen LogP contribution in [0.5, 0.6) is 0 Å². The van der Waals surface area contributed by atoms with Gasteiger partial charge < -0.3 is 24.4 Å². The SMILES string of the molecule is C=C1C(=O)O[C@@H]2C/C(C)=C\CC/C(COC(C)=O)=C\[C@H](OC(=O)[C@@](C)(O)CO)[C@H]12. The lowest BCUT2D eigenvalue weighted by Gasteiger charge is -2.29. The lowest BCUT2D eigenvalue weighted by Crippen LogP contribution is -2.44. The Labute approximate surface area is 169 Å². The van der Waals surface area contributed by atoms with E-state index in [-0.39, 0.29) is 12.2 Å². The van der Waals surface area contributed by atoms with Gasteiger partial charge in [-0.25, -0.2) is 9.59 Å². The average Bonchev–Trinajstić information content (AvgIpc) is 2.91. The van der Waals surface area contributed by atoms with E-state index in [9.17, 15) is 24.6 Å². The number of ether oxygens (including phenoxy) is 3. The van der Waals surface area contributed by atoms with E-state index in [2.05, 4.69) is 6.58 Å². The lowest BCUT2D eigenvalue weighted by molar-refractivity contribution is -0.173. The monoisotopic (exact) mass is 408 g/mol. The third kappa shape index (κ3) is 5.77. The van der Waals surface area contributed by atoms with Gasteiger partial charge in [0.15, 0.2) is 5.60 Å². The zero-order valence-electron chi connectivity index (χ0n) is 17.0. The number of hydrogen-bond donors (Lipinski definition) is 2. The highest BCUT2D eigenvalue weighted by atomic mass is 16.6. The zero-order chi connectivity index (χ0) is 21.8. The van der Waals surface area contributed by atoms with Gasteiger partial charge in [0.1, 0.15) is 18.8 Å². The highest BCUT2D eigenvalue weighted by Gasteiger charge is 2.46. The fourth-order valence-corrected chi connectivity index (χ4v) is 3.29. The maximum absolute atomic E-state index is 12.4. The number of carbonyl (C=O) groups excluding carboxylic acids is 3. The highest BCUT2D eigenvalue weighted by Crippen LogP contribution is 2.37. The molecule has 1 heterocycles. The van der Waals surface area contributed by atoms with Crippen LogP contribution in [0.4, 0.5) is 0 Å². The summed E-state index contributed by atoms with van der Waals surface area (Å²) in [6.07, 6.45) is 3.73. The van der Waals surface area contributed by atoms with Gasteiger partial charge >= 0.3 is 17.9 Å². The molecule has 0 spiro atoms. The summed E-state index contributed by atoms with van der Waals surface area (Å²) in [5.74, 6) is -2.73. The van der Waals surface area contributed by atoms with Crippen molar-refractivity contribution in [3.8, 4) is 0 Å². The first-order valence-corrected chi connectivity index (χ1v) is 9.47. The standard InChI is InChI=1S/C21H28O8/c1-12-6-5-7-15(10-27-14(3)23)9-17(29-20(25)21(4,26)11-22)18-13(2)19(24)28-16(18)8-12/h6,9,16-18,22,26H,2,5,7-8,10-11H2,1,3-4H3/b12-6-,15-9+/t16-,17+,18-,21+/m1/s1. The van der Waals surface area contributed by atoms with Gasteiger partial charge in [0.2, 0.25) is 0 Å². The van der Waals surface area contributed by atoms with E-state index in [0.29, 0.717) is 24.8 Å². The molecular formula is C21H28O8. The van der Waals surface area contributed by atoms with Crippen LogP contribution in [0.25, 0.3) is 0 Å². The van der Waals surface area contributed by atoms with E-state index in [0.717, 1.165) is 12.5 Å². The van der Waals surface area contributed by atoms with E-state index in [1.807, 2.05) is 13.0 Å². The molecule has 8 nitrogen and oxygen atoms in total. The van der Waals surface area contributed by atoms with Crippen molar-refractivity contribution in [3.63, 3.8) is 0 Å². The molecule has 160 valence electrons. The van der Waals surface area contributed by atoms with Crippen LogP contribution < -0.4 is 0 Å². The molecule has 1 aliphatic heterocycles. The summed E-state index contributed by atoms with van der Waals surface area (Å²) in [6, 6.07) is 0. The number of aliphatic hydroxyl groups excluding tert-OH is 1. The van der Waals surface area contributed by atoms with Crippen LogP contribution in [-0.2, 0) is 28.6 Å². The molecule has 1 fully saturated rings. The van der Waals surface area contributed by atoms with Crippen molar-refractivity contribution in [2.45, 2.75) is 57.8 Å². The van der Waals surface area contributed by atoms with Gasteiger partial charge in [-0.3, -0.25) is 4.79 Å². The molecule has 4 atom stereocenters. The van der Waals surface area contributed by atoms with Crippen LogP contribution in [0.1, 0.15) is 40.0 Å². The molecule has 0 aromatic rings. The van der Waals surface area contributed by atoms with Crippen molar-refractivity contribution >= 4 is 17.9 Å². The number of allylic oxidation sites excluding steroid dienone is 1. The van der Waals surface area contributed by atoms with Gasteiger partial charge in [-0.05, 0) is 38.3 Å². The van der Waals surface area contributed by atoms with Gasteiger partial charge in [0.05, 0.1) is 12.5 Å². The van der Waals surface area contributed by atoms with Gasteiger partial charge in [0, 0.05) is 18.9 Å². The molecule has 0 aromatic carbocycles. The first-order valence-electron chi connectivity index (χ1n) is 9.47. The third-order valence-corrected chi connectivity index (χ3v) is 5.01. The van der Waals surface area contributed by atoms with Crippen LogP contribution >= 0.6 is 0 Å². The van der Waals surface area contributed by atoms with Crippen LogP contribution in [0.3, 0.4) is 0 Å². The molecule has 0 aromatic heterocycles. The number of esters is 3. The molecule has 2 N–H and O–H groups in total. The Hall–Kier alpha value is -2.45. The number of carbonyl (C=O) groups is 3. The summed E-state index contributed by atoms with van der Waals surface area (Å²) >= 11 is 0. The van der Waals surface area contributed by atoms with E-state index in [1.54, 1.807) is 6.08 Å². The van der Waals surface area contributed by atoms with E-state index in [4.69, 9.17) is 14.2 Å². The smallest absolute Gasteiger partial charge is 0.340 e. The Bertz CT molecular complexity index is 746. The predicted molar refractivity (Wildman–Crippen MR) is 102 cm³/mol. The largest absolute Gasteiger partial charge is 0.461 e. The molecule has 0 bridgehead atoms. The Morgan fingerprint density at radius 3 is 2.72 bits per heavy atom. The minimum Gasteiger partial charge on any atom is -0.461 e. The molecule has 2 aliphatic rings. The molecule has 0 amide bonds. The van der Waals surface area contributed by atoms with Crippen molar-refractivity contribution in [3.05, 3.63) is 35.5 Å². The van der Waals surface area contributed by atoms with Gasteiger partial charge in [-0.1, -0.05) is 18.2 Å². The molecule has 2 rings (SSSR count). The topological polar surface area (TPSA) is 119 Å². The van der Waals surface area contributed by atoms with E-state index < -0.39 is 48.2 Å². The lowest BCUT2D eigenvalue weighted by atomic mass is 9.85. The minimum atomic E-state index is -2.10. The summed E-state index contributed by atoms with van der Waals surface area (Å²) in [4.78, 5) is 35.8. The second-order valence-corrected chi connectivity index (χ2v) is 7.70. The van der Waals surface area contributed by atoms with Crippen molar-refractivity contribution < 1.29 is 38.8 Å². The van der Waals surface area contributed by atoms with Gasteiger partial charge in [-0.2, -0.15) is 0 Å². The molecule has 8 heteroatoms. The molecule has 1 saturated heterocycles. The summed E-state index contributed by atoms with van der Waals surface area (Å²) in [7, 11) is 0. The number of rotatable bonds is 5. The van der Waals surface area contributed by atoms with Crippen molar-refractivity contribution in [2.24, 2.45) is 5.92 Å². The first kappa shape index (κ1) is 22.8. The number of aliphatic hydroxyl groups is 2. The Kier molecular flexibility index (Phi) is 7.37. The summed E-state index contributed by atoms with van der Waals surface area (Å²) in [5.41, 5.74) is -0.245. The maximum atomic E-state index is 12.4. The first-order chi connectivity index (χ1) is 13.5. The average molecular weight is 408 g/mol. The van der Waals surface area contributed by atoms with Crippen LogP contribution in [-0.4, -0.2) is 59.1 Å². The Morgan fingerprint density at radius 2 is 2.10 bits per heavy atom. The predicted octanol–water partition coefficient (Wildman–Crippen LogP) is 1.36. The summed E-state index contributed by atoms with van der Waals surface area (Å²) in [5, 5.41) is 19.3.